The highest BCUT2D eigenvalue weighted by atomic mass is 16.3. The minimum Gasteiger partial charge on any atom is -0.454 e. The number of anilines is 3. The maximum atomic E-state index is 7.06. The van der Waals surface area contributed by atoms with Gasteiger partial charge in [-0.25, -0.2) is 4.98 Å². The monoisotopic (exact) mass is 915 g/mol. The number of hydrogen-bond acceptors (Lipinski definition) is 3. The SMILES string of the molecule is c1ccc(-c2nc3ccccc3c3c2cc(-n2c4ccccc4c4cc(-c5ccc6c(c5)C5(c7ccccc7-6)c6ccccc6N(c6ccccc6)c6ccccc65)ccc42)c2oc4ccccc4c23)cc1. The summed E-state index contributed by atoms with van der Waals surface area (Å²) in [5, 5.41) is 7.89. The number of pyridine rings is 1. The smallest absolute Gasteiger partial charge is 0.160 e. The van der Waals surface area contributed by atoms with Crippen molar-refractivity contribution in [2.45, 2.75) is 5.41 Å². The van der Waals surface area contributed by atoms with Crippen LogP contribution in [0, 0.1) is 0 Å². The number of hydrogen-bond donors (Lipinski definition) is 0. The molecule has 11 aromatic carbocycles. The third kappa shape index (κ3) is 5.22. The van der Waals surface area contributed by atoms with E-state index >= 15 is 0 Å². The maximum absolute atomic E-state index is 7.06. The summed E-state index contributed by atoms with van der Waals surface area (Å²) in [5.41, 5.74) is 20.9. The van der Waals surface area contributed by atoms with Crippen LogP contribution in [0.1, 0.15) is 22.3 Å². The van der Waals surface area contributed by atoms with Crippen molar-refractivity contribution in [1.29, 1.82) is 0 Å². The summed E-state index contributed by atoms with van der Waals surface area (Å²) in [6.07, 6.45) is 0. The van der Waals surface area contributed by atoms with Gasteiger partial charge >= 0.3 is 0 Å². The molecule has 0 unspecified atom stereocenters. The predicted molar refractivity (Wildman–Crippen MR) is 297 cm³/mol. The van der Waals surface area contributed by atoms with Crippen molar-refractivity contribution in [2.24, 2.45) is 0 Å². The molecule has 14 aromatic rings. The molecule has 334 valence electrons. The molecular formula is C68H41N3O. The van der Waals surface area contributed by atoms with Gasteiger partial charge in [0.15, 0.2) is 5.58 Å². The average Bonchev–Trinajstić information content (AvgIpc) is 4.10. The summed E-state index contributed by atoms with van der Waals surface area (Å²) in [5.74, 6) is 0. The second-order valence-electron chi connectivity index (χ2n) is 19.3. The second-order valence-corrected chi connectivity index (χ2v) is 19.3. The Morgan fingerprint density at radius 3 is 1.76 bits per heavy atom. The summed E-state index contributed by atoms with van der Waals surface area (Å²) in [6, 6.07) is 90.9. The van der Waals surface area contributed by atoms with E-state index in [1.807, 2.05) is 0 Å². The van der Waals surface area contributed by atoms with Crippen LogP contribution in [-0.2, 0) is 5.41 Å². The first-order valence-electron chi connectivity index (χ1n) is 24.8. The van der Waals surface area contributed by atoms with E-state index in [0.717, 1.165) is 82.8 Å². The normalized spacial score (nSPS) is 13.4. The van der Waals surface area contributed by atoms with Crippen molar-refractivity contribution >= 4 is 82.5 Å². The van der Waals surface area contributed by atoms with Crippen molar-refractivity contribution in [3.05, 3.63) is 271 Å². The van der Waals surface area contributed by atoms with Crippen molar-refractivity contribution in [3.8, 4) is 39.2 Å². The molecule has 2 aliphatic rings. The number of rotatable bonds is 4. The molecule has 1 aliphatic heterocycles. The molecule has 0 fully saturated rings. The lowest BCUT2D eigenvalue weighted by Gasteiger charge is -2.45. The number of nitrogens with zero attached hydrogens (tertiary/aromatic N) is 3. The minimum absolute atomic E-state index is 0.548. The Hall–Kier alpha value is -9.51. The zero-order chi connectivity index (χ0) is 47.1. The van der Waals surface area contributed by atoms with Crippen LogP contribution in [0.3, 0.4) is 0 Å². The molecule has 1 aliphatic carbocycles. The van der Waals surface area contributed by atoms with E-state index in [9.17, 15) is 0 Å². The van der Waals surface area contributed by atoms with Crippen LogP contribution < -0.4 is 4.90 Å². The fourth-order valence-electron chi connectivity index (χ4n) is 12.8. The molecule has 0 N–H and O–H groups in total. The molecule has 4 nitrogen and oxygen atoms in total. The first-order chi connectivity index (χ1) is 35.7. The lowest BCUT2D eigenvalue weighted by Crippen LogP contribution is -2.36. The fourth-order valence-corrected chi connectivity index (χ4v) is 12.8. The second kappa shape index (κ2) is 14.8. The molecule has 3 aromatic heterocycles. The number of aromatic nitrogens is 2. The first-order valence-corrected chi connectivity index (χ1v) is 24.8. The van der Waals surface area contributed by atoms with E-state index in [-0.39, 0.29) is 0 Å². The quantitative estimate of drug-likeness (QED) is 0.165. The van der Waals surface area contributed by atoms with E-state index in [0.29, 0.717) is 0 Å². The highest BCUT2D eigenvalue weighted by Crippen LogP contribution is 2.63. The topological polar surface area (TPSA) is 34.2 Å². The van der Waals surface area contributed by atoms with Gasteiger partial charge < -0.3 is 13.9 Å². The molecule has 0 bridgehead atoms. The number of fused-ring (bicyclic) bond motifs is 19. The van der Waals surface area contributed by atoms with Gasteiger partial charge in [-0.3, -0.25) is 0 Å². The van der Waals surface area contributed by atoms with Gasteiger partial charge in [0.2, 0.25) is 0 Å². The van der Waals surface area contributed by atoms with E-state index in [4.69, 9.17) is 9.40 Å². The van der Waals surface area contributed by atoms with Crippen molar-refractivity contribution < 1.29 is 4.42 Å². The van der Waals surface area contributed by atoms with Crippen LogP contribution in [0.15, 0.2) is 253 Å². The Kier molecular flexibility index (Phi) is 8.06. The van der Waals surface area contributed by atoms with Gasteiger partial charge in [-0.15, -0.1) is 0 Å². The van der Waals surface area contributed by atoms with E-state index < -0.39 is 5.41 Å². The summed E-state index contributed by atoms with van der Waals surface area (Å²) in [6.45, 7) is 0. The van der Waals surface area contributed by atoms with Crippen LogP contribution >= 0.6 is 0 Å². The molecule has 1 spiro atoms. The molecule has 0 saturated carbocycles. The zero-order valence-corrected chi connectivity index (χ0v) is 38.9. The highest BCUT2D eigenvalue weighted by Gasteiger charge is 2.51. The summed E-state index contributed by atoms with van der Waals surface area (Å²) < 4.78 is 9.48. The lowest BCUT2D eigenvalue weighted by molar-refractivity contribution is 0.666. The average molecular weight is 916 g/mol. The largest absolute Gasteiger partial charge is 0.454 e. The van der Waals surface area contributed by atoms with Crippen LogP contribution in [0.4, 0.5) is 17.1 Å². The van der Waals surface area contributed by atoms with Gasteiger partial charge in [-0.2, -0.15) is 0 Å². The van der Waals surface area contributed by atoms with Crippen molar-refractivity contribution in [3.63, 3.8) is 0 Å². The summed E-state index contributed by atoms with van der Waals surface area (Å²) >= 11 is 0. The standard InChI is InChI=1S/C68H41N3O/c1-3-19-42(20-4-1)66-52-41-62(67-65(50-26-10-18-34-63(50)72-67)64(52)49-25-8-14-30-57(49)69-66)71-58-31-15-9-24-48(58)51-39-43(36-38-59(51)71)44-35-37-47-46-23-7-11-27-53(46)68(56(47)40-44)54-28-12-16-32-60(54)70(45-21-5-2-6-22-45)61-33-17-13-29-55(61)68/h1-41H. The van der Waals surface area contributed by atoms with Gasteiger partial charge in [-0.05, 0) is 111 Å². The Bertz CT molecular complexity index is 4540. The van der Waals surface area contributed by atoms with Gasteiger partial charge in [-0.1, -0.05) is 182 Å². The molecule has 0 saturated heterocycles. The zero-order valence-electron chi connectivity index (χ0n) is 38.9. The molecule has 4 heteroatoms. The van der Waals surface area contributed by atoms with Crippen molar-refractivity contribution in [1.82, 2.24) is 9.55 Å². The molecule has 72 heavy (non-hydrogen) atoms. The maximum Gasteiger partial charge on any atom is 0.160 e. The molecule has 16 rings (SSSR count). The van der Waals surface area contributed by atoms with Gasteiger partial charge in [0.05, 0.1) is 44.7 Å². The molecule has 0 radical (unpaired) electrons. The molecule has 0 amide bonds. The van der Waals surface area contributed by atoms with Gasteiger partial charge in [0, 0.05) is 49.0 Å². The highest BCUT2D eigenvalue weighted by molar-refractivity contribution is 6.30. The third-order valence-corrected chi connectivity index (χ3v) is 15.7. The van der Waals surface area contributed by atoms with Crippen LogP contribution in [-0.4, -0.2) is 9.55 Å². The van der Waals surface area contributed by atoms with Crippen LogP contribution in [0.25, 0.3) is 105 Å². The summed E-state index contributed by atoms with van der Waals surface area (Å²) in [4.78, 5) is 7.85. The minimum atomic E-state index is -0.548. The fraction of sp³-hybridized carbons (Fsp3) is 0.0147. The summed E-state index contributed by atoms with van der Waals surface area (Å²) in [7, 11) is 0. The van der Waals surface area contributed by atoms with E-state index in [1.165, 1.54) is 61.1 Å². The number of para-hydroxylation sites is 6. The third-order valence-electron chi connectivity index (χ3n) is 15.7. The Balaban J connectivity index is 0.945. The van der Waals surface area contributed by atoms with Crippen LogP contribution in [0.5, 0.6) is 0 Å². The van der Waals surface area contributed by atoms with Gasteiger partial charge in [0.25, 0.3) is 0 Å². The molecule has 4 heterocycles. The molecule has 0 atom stereocenters. The number of furan rings is 1. The predicted octanol–water partition coefficient (Wildman–Crippen LogP) is 17.9. The van der Waals surface area contributed by atoms with Crippen molar-refractivity contribution in [2.75, 3.05) is 4.90 Å². The Labute approximate surface area is 414 Å². The van der Waals surface area contributed by atoms with Crippen LogP contribution in [0.2, 0.25) is 0 Å². The number of benzene rings is 11. The molecular weight excluding hydrogens is 875 g/mol. The first kappa shape index (κ1) is 39.3. The lowest BCUT2D eigenvalue weighted by atomic mass is 9.64. The Morgan fingerprint density at radius 1 is 0.361 bits per heavy atom. The Morgan fingerprint density at radius 2 is 0.958 bits per heavy atom. The van der Waals surface area contributed by atoms with E-state index in [2.05, 4.69) is 258 Å². The van der Waals surface area contributed by atoms with Gasteiger partial charge in [0.1, 0.15) is 5.58 Å². The van der Waals surface area contributed by atoms with E-state index in [1.54, 1.807) is 0 Å².